The number of carbonyl (C=O) groups excluding carboxylic acids is 3. The summed E-state index contributed by atoms with van der Waals surface area (Å²) >= 11 is 0. The number of aliphatic imine (C=N–C) groups is 1. The number of rotatable bonds is 13. The first-order valence-electron chi connectivity index (χ1n) is 15.8. The van der Waals surface area contributed by atoms with Crippen LogP contribution < -0.4 is 20.7 Å². The molecular weight excluding hydrogens is 588 g/mol. The van der Waals surface area contributed by atoms with E-state index in [1.54, 1.807) is 11.0 Å². The van der Waals surface area contributed by atoms with E-state index in [-0.39, 0.29) is 18.9 Å². The Hall–Kier alpha value is -5.50. The van der Waals surface area contributed by atoms with Crippen molar-refractivity contribution in [3.63, 3.8) is 0 Å². The second-order valence-electron chi connectivity index (χ2n) is 12.0. The maximum atomic E-state index is 14.5. The average Bonchev–Trinajstić information content (AvgIpc) is 3.18. The predicted molar refractivity (Wildman–Crippen MR) is 185 cm³/mol. The lowest BCUT2D eigenvalue weighted by molar-refractivity contribution is -0.135. The number of primary amides is 1. The molecule has 0 saturated carbocycles. The lowest BCUT2D eigenvalue weighted by Crippen LogP contribution is -2.50. The van der Waals surface area contributed by atoms with Crippen LogP contribution in [0.3, 0.4) is 0 Å². The summed E-state index contributed by atoms with van der Waals surface area (Å²) in [6.45, 7) is 7.90. The van der Waals surface area contributed by atoms with Crippen LogP contribution in [-0.2, 0) is 20.9 Å². The van der Waals surface area contributed by atoms with Gasteiger partial charge in [0.25, 0.3) is 5.91 Å². The van der Waals surface area contributed by atoms with Crippen LogP contribution in [0.1, 0.15) is 43.4 Å². The van der Waals surface area contributed by atoms with Crippen molar-refractivity contribution in [1.82, 2.24) is 5.32 Å². The number of para-hydroxylation sites is 2. The number of hydrogen-bond acceptors (Lipinski definition) is 5. The van der Waals surface area contributed by atoms with Crippen LogP contribution in [0.5, 0.6) is 11.5 Å². The molecular formula is C39H40N4O4. The van der Waals surface area contributed by atoms with Crippen LogP contribution in [0.25, 0.3) is 0 Å². The molecule has 5 rings (SSSR count). The lowest BCUT2D eigenvalue weighted by atomic mass is 9.82. The number of nitrogens with two attached hydrogens (primary N) is 1. The van der Waals surface area contributed by atoms with Gasteiger partial charge in [-0.1, -0.05) is 98.8 Å². The van der Waals surface area contributed by atoms with Crippen molar-refractivity contribution in [2.75, 3.05) is 4.90 Å². The number of benzodiazepines with no additional fused rings is 1. The van der Waals surface area contributed by atoms with E-state index >= 15 is 0 Å². The van der Waals surface area contributed by atoms with Crippen LogP contribution >= 0.6 is 0 Å². The molecule has 3 atom stereocenters. The van der Waals surface area contributed by atoms with E-state index in [9.17, 15) is 14.4 Å². The zero-order chi connectivity index (χ0) is 33.3. The average molecular weight is 629 g/mol. The van der Waals surface area contributed by atoms with E-state index < -0.39 is 35.7 Å². The fraction of sp³-hybridized carbons (Fsp3) is 0.231. The third-order valence-corrected chi connectivity index (χ3v) is 8.09. The van der Waals surface area contributed by atoms with Crippen molar-refractivity contribution in [3.05, 3.63) is 139 Å². The quantitative estimate of drug-likeness (QED) is 0.162. The molecule has 8 heteroatoms. The van der Waals surface area contributed by atoms with Gasteiger partial charge < -0.3 is 20.7 Å². The van der Waals surface area contributed by atoms with Crippen LogP contribution in [0.2, 0.25) is 0 Å². The summed E-state index contributed by atoms with van der Waals surface area (Å²) in [7, 11) is 0. The highest BCUT2D eigenvalue weighted by molar-refractivity contribution is 6.20. The Morgan fingerprint density at radius 3 is 2.26 bits per heavy atom. The van der Waals surface area contributed by atoms with Gasteiger partial charge in [0, 0.05) is 11.1 Å². The predicted octanol–water partition coefficient (Wildman–Crippen LogP) is 6.65. The van der Waals surface area contributed by atoms with Gasteiger partial charge >= 0.3 is 0 Å². The number of benzene rings is 4. The number of allylic oxidation sites excluding steroid dienone is 1. The van der Waals surface area contributed by atoms with Crippen LogP contribution in [0.15, 0.2) is 127 Å². The van der Waals surface area contributed by atoms with E-state index in [1.807, 2.05) is 123 Å². The van der Waals surface area contributed by atoms with E-state index in [1.165, 1.54) is 0 Å². The third-order valence-electron chi connectivity index (χ3n) is 8.09. The van der Waals surface area contributed by atoms with E-state index in [2.05, 4.69) is 11.9 Å². The molecule has 0 radical (unpaired) electrons. The lowest BCUT2D eigenvalue weighted by Gasteiger charge is -2.28. The van der Waals surface area contributed by atoms with Gasteiger partial charge in [-0.05, 0) is 54.7 Å². The summed E-state index contributed by atoms with van der Waals surface area (Å²) in [5.74, 6) is -1.56. The summed E-state index contributed by atoms with van der Waals surface area (Å²) in [6.07, 6.45) is 0.977. The Morgan fingerprint density at radius 1 is 0.915 bits per heavy atom. The molecule has 3 N–H and O–H groups in total. The maximum absolute atomic E-state index is 14.5. The first kappa shape index (κ1) is 32.9. The largest absolute Gasteiger partial charge is 0.457 e. The summed E-state index contributed by atoms with van der Waals surface area (Å²) in [4.78, 5) is 47.6. The number of nitrogens with zero attached hydrogens (tertiary/aromatic N) is 2. The molecule has 3 amide bonds. The first-order valence-corrected chi connectivity index (χ1v) is 15.8. The Bertz CT molecular complexity index is 1750. The third kappa shape index (κ3) is 8.02. The number of ether oxygens (including phenoxy) is 1. The summed E-state index contributed by atoms with van der Waals surface area (Å²) < 4.78 is 6.07. The number of amides is 3. The van der Waals surface area contributed by atoms with Gasteiger partial charge in [0.1, 0.15) is 11.5 Å². The molecule has 0 aliphatic carbocycles. The van der Waals surface area contributed by atoms with Gasteiger partial charge in [-0.25, -0.2) is 4.99 Å². The minimum absolute atomic E-state index is 0.0942. The van der Waals surface area contributed by atoms with Gasteiger partial charge in [-0.3, -0.25) is 14.4 Å². The fourth-order valence-corrected chi connectivity index (χ4v) is 5.89. The molecule has 1 heterocycles. The molecule has 1 aliphatic rings. The number of hydrogen-bond donors (Lipinski definition) is 2. The number of carbonyl (C=O) groups is 3. The van der Waals surface area contributed by atoms with E-state index in [0.717, 1.165) is 16.7 Å². The first-order chi connectivity index (χ1) is 22.7. The van der Waals surface area contributed by atoms with Crippen molar-refractivity contribution >= 4 is 29.1 Å². The number of fused-ring (bicyclic) bond motifs is 1. The Kier molecular flexibility index (Phi) is 10.6. The molecule has 0 saturated heterocycles. The molecule has 47 heavy (non-hydrogen) atoms. The molecule has 4 aromatic carbocycles. The SMILES string of the molecule is C=CC[C@H](C(N)=O)C(CC(C)C)C(=O)NC1N=C(c2ccccc2)c2ccccc2N(Cc2cccc(Oc3ccccc3)c2)C1=O. The van der Waals surface area contributed by atoms with Gasteiger partial charge in [-0.15, -0.1) is 6.58 Å². The molecule has 0 aromatic heterocycles. The standard InChI is InChI=1S/C39H40N4O4/c1-4-14-31(36(40)44)33(23-26(2)3)38(45)42-37-39(46)43(25-27-15-13-20-30(24-27)47-29-18-9-6-10-19-29)34-22-12-11-21-32(34)35(41-37)28-16-7-5-8-17-28/h4-13,15-22,24,26,31,33,37H,1,14,23,25H2,2-3H3,(H2,40,44)(H,42,45)/t31-,33?,37?/m0/s1. The van der Waals surface area contributed by atoms with E-state index in [0.29, 0.717) is 29.3 Å². The normalized spacial score (nSPS) is 15.6. The van der Waals surface area contributed by atoms with Crippen LogP contribution in [-0.4, -0.2) is 29.6 Å². The van der Waals surface area contributed by atoms with Crippen molar-refractivity contribution in [1.29, 1.82) is 0 Å². The molecule has 0 bridgehead atoms. The smallest absolute Gasteiger partial charge is 0.272 e. The molecule has 4 aromatic rings. The minimum atomic E-state index is -1.26. The zero-order valence-corrected chi connectivity index (χ0v) is 26.7. The topological polar surface area (TPSA) is 114 Å². The summed E-state index contributed by atoms with van der Waals surface area (Å²) in [5.41, 5.74) is 9.37. The zero-order valence-electron chi connectivity index (χ0n) is 26.7. The van der Waals surface area contributed by atoms with Crippen LogP contribution in [0, 0.1) is 17.8 Å². The van der Waals surface area contributed by atoms with Gasteiger partial charge in [-0.2, -0.15) is 0 Å². The second kappa shape index (κ2) is 15.2. The molecule has 240 valence electrons. The van der Waals surface area contributed by atoms with Crippen molar-refractivity contribution in [3.8, 4) is 11.5 Å². The molecule has 0 spiro atoms. The Labute approximate surface area is 276 Å². The minimum Gasteiger partial charge on any atom is -0.457 e. The van der Waals surface area contributed by atoms with Crippen LogP contribution in [0.4, 0.5) is 5.69 Å². The monoisotopic (exact) mass is 628 g/mol. The Balaban J connectivity index is 1.55. The summed E-state index contributed by atoms with van der Waals surface area (Å²) in [6, 6.07) is 34.2. The van der Waals surface area contributed by atoms with Gasteiger partial charge in [0.2, 0.25) is 18.0 Å². The highest BCUT2D eigenvalue weighted by atomic mass is 16.5. The van der Waals surface area contributed by atoms with Crippen molar-refractivity contribution in [2.45, 2.75) is 39.4 Å². The summed E-state index contributed by atoms with van der Waals surface area (Å²) in [5, 5.41) is 2.92. The fourth-order valence-electron chi connectivity index (χ4n) is 5.89. The molecule has 1 aliphatic heterocycles. The van der Waals surface area contributed by atoms with Crippen molar-refractivity contribution in [2.24, 2.45) is 28.5 Å². The van der Waals surface area contributed by atoms with Crippen molar-refractivity contribution < 1.29 is 19.1 Å². The number of anilines is 1. The molecule has 2 unspecified atom stereocenters. The maximum Gasteiger partial charge on any atom is 0.272 e. The number of nitrogens with one attached hydrogen (secondary N) is 1. The van der Waals surface area contributed by atoms with Gasteiger partial charge in [0.15, 0.2) is 0 Å². The second-order valence-corrected chi connectivity index (χ2v) is 12.0. The molecule has 8 nitrogen and oxygen atoms in total. The Morgan fingerprint density at radius 2 is 1.57 bits per heavy atom. The highest BCUT2D eigenvalue weighted by Crippen LogP contribution is 2.31. The van der Waals surface area contributed by atoms with Gasteiger partial charge in [0.05, 0.1) is 29.8 Å². The molecule has 0 fully saturated rings. The van der Waals surface area contributed by atoms with E-state index in [4.69, 9.17) is 15.5 Å². The highest BCUT2D eigenvalue weighted by Gasteiger charge is 2.37.